The zero-order chi connectivity index (χ0) is 14.9. The molecule has 0 aromatic carbocycles. The summed E-state index contributed by atoms with van der Waals surface area (Å²) >= 11 is 0. The molecule has 0 bridgehead atoms. The number of ether oxygens (including phenoxy) is 1. The van der Waals surface area contributed by atoms with Crippen LogP contribution < -0.4 is 0 Å². The molecule has 0 aliphatic rings. The molecule has 0 aliphatic carbocycles. The van der Waals surface area contributed by atoms with E-state index in [1.807, 2.05) is 33.8 Å². The van der Waals surface area contributed by atoms with Crippen molar-refractivity contribution in [3.05, 3.63) is 28.9 Å². The maximum atomic E-state index is 12.0. The molecule has 0 saturated carbocycles. The Morgan fingerprint density at radius 3 is 2.65 bits per heavy atom. The van der Waals surface area contributed by atoms with Crippen molar-refractivity contribution in [2.75, 3.05) is 0 Å². The Morgan fingerprint density at radius 1 is 1.40 bits per heavy atom. The fraction of sp³-hybridized carbons (Fsp3) is 0.538. The highest BCUT2D eigenvalue weighted by Crippen LogP contribution is 2.14. The molecule has 0 amide bonds. The number of nitrogens with zero attached hydrogens (tertiary/aromatic N) is 4. The molecule has 2 aromatic rings. The van der Waals surface area contributed by atoms with E-state index in [0.717, 1.165) is 11.5 Å². The molecule has 0 unspecified atom stereocenters. The lowest BCUT2D eigenvalue weighted by Gasteiger charge is -2.18. The zero-order valence-electron chi connectivity index (χ0n) is 12.3. The van der Waals surface area contributed by atoms with Gasteiger partial charge in [-0.1, -0.05) is 10.4 Å². The first-order chi connectivity index (χ1) is 9.26. The Bertz CT molecular complexity index is 622. The molecule has 2 aromatic heterocycles. The van der Waals surface area contributed by atoms with Gasteiger partial charge in [-0.05, 0) is 34.6 Å². The Balaban J connectivity index is 2.16. The van der Waals surface area contributed by atoms with Gasteiger partial charge in [-0.15, -0.1) is 5.10 Å². The van der Waals surface area contributed by atoms with Crippen LogP contribution in [0.25, 0.3) is 0 Å². The van der Waals surface area contributed by atoms with Crippen LogP contribution >= 0.6 is 0 Å². The highest BCUT2D eigenvalue weighted by atomic mass is 16.6. The van der Waals surface area contributed by atoms with Gasteiger partial charge in [-0.2, -0.15) is 0 Å². The lowest BCUT2D eigenvalue weighted by Crippen LogP contribution is -2.24. The third-order valence-electron chi connectivity index (χ3n) is 2.56. The predicted octanol–water partition coefficient (Wildman–Crippen LogP) is 1.89. The fourth-order valence-corrected chi connectivity index (χ4v) is 1.67. The second kappa shape index (κ2) is 5.07. The first-order valence-electron chi connectivity index (χ1n) is 6.32. The lowest BCUT2D eigenvalue weighted by atomic mass is 10.2. The van der Waals surface area contributed by atoms with E-state index in [4.69, 9.17) is 9.26 Å². The fourth-order valence-electron chi connectivity index (χ4n) is 1.67. The Labute approximate surface area is 116 Å². The molecular formula is C13H18N4O3. The number of hydrogen-bond acceptors (Lipinski definition) is 6. The minimum absolute atomic E-state index is 0.222. The molecule has 0 N–H and O–H groups in total. The van der Waals surface area contributed by atoms with Crippen molar-refractivity contribution < 1.29 is 14.1 Å². The van der Waals surface area contributed by atoms with Gasteiger partial charge in [0.15, 0.2) is 5.69 Å². The summed E-state index contributed by atoms with van der Waals surface area (Å²) in [6.07, 6.45) is 0. The van der Waals surface area contributed by atoms with Crippen molar-refractivity contribution in [2.24, 2.45) is 0 Å². The zero-order valence-corrected chi connectivity index (χ0v) is 12.3. The normalized spacial score (nSPS) is 11.7. The van der Waals surface area contributed by atoms with Crippen molar-refractivity contribution >= 4 is 5.97 Å². The number of rotatable bonds is 3. The van der Waals surface area contributed by atoms with Gasteiger partial charge < -0.3 is 9.26 Å². The minimum Gasteiger partial charge on any atom is -0.455 e. The molecular weight excluding hydrogens is 260 g/mol. The van der Waals surface area contributed by atoms with Gasteiger partial charge in [-0.3, -0.25) is 0 Å². The van der Waals surface area contributed by atoms with Crippen molar-refractivity contribution in [2.45, 2.75) is 46.8 Å². The summed E-state index contributed by atoms with van der Waals surface area (Å²) in [4.78, 5) is 12.0. The summed E-state index contributed by atoms with van der Waals surface area (Å²) in [6.45, 7) is 9.41. The van der Waals surface area contributed by atoms with Crippen LogP contribution in [0.5, 0.6) is 0 Å². The molecule has 2 heterocycles. The molecule has 0 spiro atoms. The van der Waals surface area contributed by atoms with Gasteiger partial charge >= 0.3 is 5.97 Å². The number of carbonyl (C=O) groups is 1. The van der Waals surface area contributed by atoms with E-state index in [9.17, 15) is 4.79 Å². The van der Waals surface area contributed by atoms with Crippen molar-refractivity contribution in [1.82, 2.24) is 20.2 Å². The summed E-state index contributed by atoms with van der Waals surface area (Å²) in [7, 11) is 0. The van der Waals surface area contributed by atoms with Crippen molar-refractivity contribution in [3.63, 3.8) is 0 Å². The number of aryl methyl sites for hydroxylation is 1. The molecule has 20 heavy (non-hydrogen) atoms. The summed E-state index contributed by atoms with van der Waals surface area (Å²) < 4.78 is 11.9. The van der Waals surface area contributed by atoms with Crippen LogP contribution in [0, 0.1) is 13.8 Å². The molecule has 0 aliphatic heterocycles. The average molecular weight is 278 g/mol. The van der Waals surface area contributed by atoms with Crippen LogP contribution in [0.2, 0.25) is 0 Å². The van der Waals surface area contributed by atoms with Gasteiger partial charge in [0, 0.05) is 6.07 Å². The van der Waals surface area contributed by atoms with E-state index in [-0.39, 0.29) is 5.69 Å². The molecule has 0 atom stereocenters. The van der Waals surface area contributed by atoms with E-state index in [0.29, 0.717) is 12.2 Å². The number of carbonyl (C=O) groups excluding carboxylic acids is 1. The predicted molar refractivity (Wildman–Crippen MR) is 70.3 cm³/mol. The van der Waals surface area contributed by atoms with Gasteiger partial charge in [0.2, 0.25) is 0 Å². The third kappa shape index (κ3) is 3.23. The SMILES string of the molecule is Cc1cc(Cn2nnc(C(=O)OC(C)(C)C)c2C)no1. The minimum atomic E-state index is -0.559. The van der Waals surface area contributed by atoms with Crippen molar-refractivity contribution in [3.8, 4) is 0 Å². The van der Waals surface area contributed by atoms with Crippen LogP contribution in [-0.2, 0) is 11.3 Å². The van der Waals surface area contributed by atoms with Crippen molar-refractivity contribution in [1.29, 1.82) is 0 Å². The molecule has 2 rings (SSSR count). The van der Waals surface area contributed by atoms with Gasteiger partial charge in [0.25, 0.3) is 0 Å². The Morgan fingerprint density at radius 2 is 2.10 bits per heavy atom. The van der Waals surface area contributed by atoms with E-state index >= 15 is 0 Å². The smallest absolute Gasteiger partial charge is 0.361 e. The quantitative estimate of drug-likeness (QED) is 0.797. The van der Waals surface area contributed by atoms with Crippen LogP contribution in [0.3, 0.4) is 0 Å². The maximum absolute atomic E-state index is 12.0. The standard InChI is InChI=1S/C13H18N4O3/c1-8-6-10(15-20-8)7-17-9(2)11(14-16-17)12(18)19-13(3,4)5/h6H,7H2,1-5H3. The average Bonchev–Trinajstić information content (AvgIpc) is 2.85. The summed E-state index contributed by atoms with van der Waals surface area (Å²) in [6, 6.07) is 1.81. The summed E-state index contributed by atoms with van der Waals surface area (Å²) in [5, 5.41) is 11.7. The van der Waals surface area contributed by atoms with Crippen LogP contribution in [0.15, 0.2) is 10.6 Å². The van der Waals surface area contributed by atoms with Crippen LogP contribution in [0.4, 0.5) is 0 Å². The highest BCUT2D eigenvalue weighted by molar-refractivity contribution is 5.88. The molecule has 7 nitrogen and oxygen atoms in total. The second-order valence-corrected chi connectivity index (χ2v) is 5.61. The lowest BCUT2D eigenvalue weighted by molar-refractivity contribution is 0.00619. The largest absolute Gasteiger partial charge is 0.455 e. The molecule has 7 heteroatoms. The van der Waals surface area contributed by atoms with E-state index in [1.54, 1.807) is 11.6 Å². The first-order valence-corrected chi connectivity index (χ1v) is 6.32. The third-order valence-corrected chi connectivity index (χ3v) is 2.56. The van der Waals surface area contributed by atoms with Gasteiger partial charge in [0.1, 0.15) is 17.1 Å². The number of hydrogen-bond donors (Lipinski definition) is 0. The van der Waals surface area contributed by atoms with Crippen LogP contribution in [-0.4, -0.2) is 31.7 Å². The monoisotopic (exact) mass is 278 g/mol. The number of aromatic nitrogens is 4. The Kier molecular flexibility index (Phi) is 3.61. The number of esters is 1. The second-order valence-electron chi connectivity index (χ2n) is 5.61. The molecule has 0 saturated heterocycles. The topological polar surface area (TPSA) is 83.0 Å². The van der Waals surface area contributed by atoms with E-state index < -0.39 is 11.6 Å². The van der Waals surface area contributed by atoms with E-state index in [1.165, 1.54) is 0 Å². The highest BCUT2D eigenvalue weighted by Gasteiger charge is 2.23. The maximum Gasteiger partial charge on any atom is 0.361 e. The summed E-state index contributed by atoms with van der Waals surface area (Å²) in [5.41, 5.74) is 1.03. The summed E-state index contributed by atoms with van der Waals surface area (Å²) in [5.74, 6) is 0.253. The van der Waals surface area contributed by atoms with E-state index in [2.05, 4.69) is 15.5 Å². The Hall–Kier alpha value is -2.18. The molecule has 108 valence electrons. The van der Waals surface area contributed by atoms with Gasteiger partial charge in [-0.25, -0.2) is 9.48 Å². The first kappa shape index (κ1) is 14.2. The van der Waals surface area contributed by atoms with Gasteiger partial charge in [0.05, 0.1) is 12.2 Å². The molecule has 0 fully saturated rings. The van der Waals surface area contributed by atoms with Crippen LogP contribution in [0.1, 0.15) is 48.4 Å². The molecule has 0 radical (unpaired) electrons.